The molecule has 0 spiro atoms. The smallest absolute Gasteiger partial charge is 0.325 e. The van der Waals surface area contributed by atoms with Crippen LogP contribution < -0.4 is 88.0 Å². The number of aliphatic carboxylic acids is 5. The van der Waals surface area contributed by atoms with Crippen molar-refractivity contribution in [1.82, 2.24) is 52.8 Å². The van der Waals surface area contributed by atoms with Crippen LogP contribution in [0.1, 0.15) is 129 Å². The maximum absolute atomic E-state index is 11.9. The molecule has 54 heteroatoms. The summed E-state index contributed by atoms with van der Waals surface area (Å²) in [4.78, 5) is 249. The number of carbonyl (C=O) groups is 23. The van der Waals surface area contributed by atoms with E-state index >= 15 is 0 Å². The number of nitrogens with one attached hydrogen (secondary N) is 9. The molecule has 31 N–H and O–H groups in total. The van der Waals surface area contributed by atoms with Gasteiger partial charge in [-0.05, 0) is 58.7 Å². The number of ether oxygens (including phenoxy) is 3. The minimum atomic E-state index is -4.06. The van der Waals surface area contributed by atoms with Gasteiger partial charge in [-0.1, -0.05) is 37.3 Å². The van der Waals surface area contributed by atoms with Crippen molar-refractivity contribution in [2.45, 2.75) is 148 Å². The van der Waals surface area contributed by atoms with Crippen molar-refractivity contribution in [3.63, 3.8) is 0 Å². The molecular weight excluding hydrogens is 1730 g/mol. The number of benzene rings is 1. The molecule has 1 saturated heterocycles. The van der Waals surface area contributed by atoms with Crippen LogP contribution in [-0.2, 0) is 141 Å². The van der Waals surface area contributed by atoms with Gasteiger partial charge in [-0.25, -0.2) is 0 Å². The first kappa shape index (κ1) is 129. The number of rotatable bonds is 54. The maximum Gasteiger partial charge on any atom is 0.325 e. The maximum atomic E-state index is 11.9. The Kier molecular flexibility index (Phi) is 84.8. The van der Waals surface area contributed by atoms with E-state index in [4.69, 9.17) is 80.4 Å². The number of Topliss-reactive ketones (excluding diaryl/α,β-unsaturated/α-hetero) is 6. The number of amides is 9. The number of carboxylic acids is 5. The van der Waals surface area contributed by atoms with E-state index in [9.17, 15) is 119 Å². The van der Waals surface area contributed by atoms with Crippen LogP contribution in [0.4, 0.5) is 0 Å². The third-order valence-corrected chi connectivity index (χ3v) is 15.2. The number of aliphatic hydroxyl groups excluding tert-OH is 2. The lowest BCUT2D eigenvalue weighted by Gasteiger charge is -2.17. The van der Waals surface area contributed by atoms with E-state index in [1.807, 2.05) is 49.2 Å². The number of ketones is 6. The highest BCUT2D eigenvalue weighted by atomic mass is 32.2. The van der Waals surface area contributed by atoms with Gasteiger partial charge in [0.05, 0.1) is 76.4 Å². The highest BCUT2D eigenvalue weighted by molar-refractivity contribution is 7.85. The molecule has 2 rings (SSSR count). The highest BCUT2D eigenvalue weighted by Crippen LogP contribution is 2.17. The molecule has 1 heterocycles. The second kappa shape index (κ2) is 84.2. The fourth-order valence-electron chi connectivity index (χ4n) is 7.98. The Morgan fingerprint density at radius 2 is 0.734 bits per heavy atom. The molecule has 1 fully saturated rings. The fraction of sp³-hybridized carbons (Fsp3) is 0.608. The van der Waals surface area contributed by atoms with E-state index in [2.05, 4.69) is 62.1 Å². The van der Waals surface area contributed by atoms with Crippen molar-refractivity contribution in [1.29, 1.82) is 0 Å². The molecule has 1 aromatic rings. The number of carbonyl (C=O) groups excluding carboxylic acids is 18. The van der Waals surface area contributed by atoms with Crippen molar-refractivity contribution in [3.8, 4) is 0 Å². The predicted molar refractivity (Wildman–Crippen MR) is 447 cm³/mol. The number of carboxylic acid groups (broad SMARTS) is 5. The third kappa shape index (κ3) is 96.0. The van der Waals surface area contributed by atoms with Gasteiger partial charge in [-0.15, -0.1) is 0 Å². The van der Waals surface area contributed by atoms with Gasteiger partial charge >= 0.3 is 47.8 Å². The Morgan fingerprint density at radius 1 is 0.422 bits per heavy atom. The molecule has 3 atom stereocenters. The van der Waals surface area contributed by atoms with Crippen LogP contribution in [0.2, 0.25) is 0 Å². The Morgan fingerprint density at radius 3 is 1.04 bits per heavy atom. The summed E-state index contributed by atoms with van der Waals surface area (Å²) in [7, 11) is -2.15. The molecule has 1 aromatic carbocycles. The molecule has 730 valence electrons. The molecule has 9 amide bonds. The van der Waals surface area contributed by atoms with E-state index in [1.54, 1.807) is 6.92 Å². The topological polar surface area (TPSA) is 910 Å². The van der Waals surface area contributed by atoms with E-state index in [1.165, 1.54) is 6.92 Å². The number of likely N-dealkylation sites (tertiary alicyclic amines) is 1. The summed E-state index contributed by atoms with van der Waals surface area (Å²) >= 11 is 0. The normalized spacial score (nSPS) is 11.6. The van der Waals surface area contributed by atoms with Crippen molar-refractivity contribution in [2.24, 2.45) is 40.1 Å². The summed E-state index contributed by atoms with van der Waals surface area (Å²) in [5.74, 6) is -12.3. The summed E-state index contributed by atoms with van der Waals surface area (Å²) in [5.41, 5.74) is 37.0. The summed E-state index contributed by atoms with van der Waals surface area (Å²) in [5, 5.41) is 77.7. The van der Waals surface area contributed by atoms with Gasteiger partial charge in [0, 0.05) is 90.0 Å². The number of hydrogen-bond donors (Lipinski definition) is 24. The average molecular weight is 1860 g/mol. The first-order chi connectivity index (χ1) is 60.0. The van der Waals surface area contributed by atoms with Crippen molar-refractivity contribution in [2.75, 3.05) is 144 Å². The zero-order valence-electron chi connectivity index (χ0n) is 71.9. The highest BCUT2D eigenvalue weighted by Gasteiger charge is 2.28. The number of hydrogen-bond acceptors (Lipinski definition) is 38. The van der Waals surface area contributed by atoms with Gasteiger partial charge < -0.3 is 138 Å². The van der Waals surface area contributed by atoms with E-state index in [-0.39, 0.29) is 234 Å². The van der Waals surface area contributed by atoms with Crippen LogP contribution in [0.15, 0.2) is 30.3 Å². The molecular formula is C74H127N17O36S. The molecule has 0 saturated carbocycles. The zero-order chi connectivity index (χ0) is 99.6. The summed E-state index contributed by atoms with van der Waals surface area (Å²) in [6.07, 6.45) is 3.81. The van der Waals surface area contributed by atoms with Gasteiger partial charge in [0.1, 0.15) is 100 Å². The van der Waals surface area contributed by atoms with E-state index in [0.29, 0.717) is 19.4 Å². The minimum absolute atomic E-state index is 0.00329. The quantitative estimate of drug-likeness (QED) is 0.0164. The Labute approximate surface area is 737 Å². The van der Waals surface area contributed by atoms with Gasteiger partial charge in [-0.2, -0.15) is 8.42 Å². The second-order valence-electron chi connectivity index (χ2n) is 25.5. The van der Waals surface area contributed by atoms with Gasteiger partial charge in [0.2, 0.25) is 53.2 Å². The summed E-state index contributed by atoms with van der Waals surface area (Å²) in [6, 6.07) is 8.10. The molecule has 0 aromatic heterocycles. The van der Waals surface area contributed by atoms with Gasteiger partial charge in [0.25, 0.3) is 10.1 Å². The first-order valence-electron chi connectivity index (χ1n) is 39.0. The molecule has 0 bridgehead atoms. The van der Waals surface area contributed by atoms with E-state index in [0.717, 1.165) is 31.4 Å². The Hall–Kier alpha value is -12.3. The fourth-order valence-corrected chi connectivity index (χ4v) is 8.34. The number of likely N-dealkylation sites (N-methyl/N-ethyl adjacent to an activating group) is 1. The number of aliphatic hydroxyl groups is 2. The molecule has 53 nitrogen and oxygen atoms in total. The first-order valence-corrected chi connectivity index (χ1v) is 40.6. The number of nitrogens with zero attached hydrogens (tertiary/aromatic N) is 1. The van der Waals surface area contributed by atoms with Crippen molar-refractivity contribution in [3.05, 3.63) is 35.9 Å². The zero-order valence-corrected chi connectivity index (χ0v) is 72.7. The van der Waals surface area contributed by atoms with Crippen molar-refractivity contribution < 1.29 is 173 Å². The SMILES string of the molecule is CC(N)C(=O)CCC(=O)NCC(=O)O.CCCC(=O)NCC(=O)O.CCOC(=O)CNC(=O)CN.CN1CCCC1C(=O)CCC(=O)NCC(=O)O.NC(Cc1ccccc1)C(=O)CCC(=O)NCC(=O)OCCO.NCC(=O)CCC(=O)NCC(=O)O.NCC(=O)CCC(=O)NCC(=O)OCCO.NCC(=O)CCC(=O)NCCS(=O)(=O)O.NCC(=O)NCC(=O)O. The summed E-state index contributed by atoms with van der Waals surface area (Å²) < 4.78 is 42.5. The second-order valence-corrected chi connectivity index (χ2v) is 27.1. The van der Waals surface area contributed by atoms with Crippen LogP contribution >= 0.6 is 0 Å². The van der Waals surface area contributed by atoms with Crippen molar-refractivity contribution >= 4 is 146 Å². The molecule has 0 aliphatic carbocycles. The van der Waals surface area contributed by atoms with E-state index < -0.39 is 131 Å². The molecule has 1 aliphatic heterocycles. The van der Waals surface area contributed by atoms with Gasteiger partial charge in [0.15, 0.2) is 0 Å². The lowest BCUT2D eigenvalue weighted by atomic mass is 10.0. The Bertz CT molecular complexity index is 3710. The standard InChI is InChI=1S/C16H22N2O5.C11H18N2O4.C9H16N2O5.C8H14N2O4.C7H14N2O5S.C7H12N2O4.C6H12N2O3.C6H11NO3.C4H8N2O3/c17-13(10-12-4-2-1-3-5-12)14(20)6-7-15(21)18-11-16(22)23-9-8-19;1-13-6-2-3-8(13)9(14)4-5-10(15)12-7-11(16)17;10-5-7(13)1-2-8(14)11-6-9(15)16-4-3-12;1-5(9)6(11)2-3-7(12)10-4-8(13)14;8-5-6(10)1-2-7(11)9-3-4-15(12,13)14;8-3-5(10)1-2-6(11)9-4-7(12)13;1-2-11-6(10)4-8-5(9)3-7;1-2-3-5(8)7-4-6(9)10;5-1-3(7)6-2-4(8)9/h1-5,13,19H,6-11,17H2,(H,18,21);8H,2-7H2,1H3,(H,12,15)(H,16,17);12H,1-6,10H2,(H,11,14);5H,2-4,9H2,1H3,(H,10,12)(H,13,14);1-5,8H2,(H,9,11)(H,12,13,14);1-4,8H2,(H,9,11)(H,12,13);2-4,7H2,1H3,(H,8,9);2-4H2,1H3,(H,7,8)(H,9,10);1-2,5H2,(H,6,7)(H,8,9). The number of esters is 3. The molecule has 128 heavy (non-hydrogen) atoms. The average Bonchev–Trinajstić information content (AvgIpc) is 1.73. The predicted octanol–water partition coefficient (Wildman–Crippen LogP) is -10.4. The lowest BCUT2D eigenvalue weighted by molar-refractivity contribution is -0.145. The van der Waals surface area contributed by atoms with Crippen LogP contribution in [-0.4, -0.2) is 351 Å². The van der Waals surface area contributed by atoms with Crippen LogP contribution in [0, 0.1) is 0 Å². The third-order valence-electron chi connectivity index (χ3n) is 14.5. The minimum Gasteiger partial charge on any atom is -0.480 e. The van der Waals surface area contributed by atoms with Crippen LogP contribution in [0.25, 0.3) is 0 Å². The largest absolute Gasteiger partial charge is 0.480 e. The van der Waals surface area contributed by atoms with Gasteiger partial charge in [-0.3, -0.25) is 120 Å². The molecule has 3 unspecified atom stereocenters. The molecule has 1 aliphatic rings. The number of nitrogens with two attached hydrogens (primary N) is 7. The summed E-state index contributed by atoms with van der Waals surface area (Å²) in [6.45, 7) is 2.30. The lowest BCUT2D eigenvalue weighted by Crippen LogP contribution is -2.35. The van der Waals surface area contributed by atoms with Crippen LogP contribution in [0.3, 0.4) is 0 Å². The Balaban J connectivity index is -0.000000261. The monoisotopic (exact) mass is 1860 g/mol. The molecule has 0 radical (unpaired) electrons. The van der Waals surface area contributed by atoms with Crippen LogP contribution in [0.5, 0.6) is 0 Å².